The van der Waals surface area contributed by atoms with E-state index in [-0.39, 0.29) is 12.1 Å². The third kappa shape index (κ3) is 3.65. The molecule has 1 aliphatic rings. The Morgan fingerprint density at radius 1 is 1.41 bits per heavy atom. The first-order valence-electron chi connectivity index (χ1n) is 6.82. The fourth-order valence-electron chi connectivity index (χ4n) is 2.92. The van der Waals surface area contributed by atoms with Gasteiger partial charge in [0.05, 0.1) is 12.7 Å². The number of hydrogen-bond donors (Lipinski definition) is 3. The molecule has 0 saturated heterocycles. The lowest BCUT2D eigenvalue weighted by molar-refractivity contribution is -0.00609. The Balaban J connectivity index is 2.68. The molecular formula is C13H28N2O2. The molecular weight excluding hydrogens is 216 g/mol. The maximum Gasteiger partial charge on any atom is 0.0897 e. The van der Waals surface area contributed by atoms with Crippen molar-refractivity contribution < 1.29 is 10.2 Å². The zero-order valence-electron chi connectivity index (χ0n) is 11.2. The Hall–Kier alpha value is -0.160. The van der Waals surface area contributed by atoms with Crippen molar-refractivity contribution >= 4 is 0 Å². The van der Waals surface area contributed by atoms with Crippen molar-refractivity contribution in [1.29, 1.82) is 0 Å². The van der Waals surface area contributed by atoms with Crippen LogP contribution in [-0.2, 0) is 0 Å². The summed E-state index contributed by atoms with van der Waals surface area (Å²) in [6.07, 6.45) is 3.98. The third-order valence-electron chi connectivity index (χ3n) is 4.28. The van der Waals surface area contributed by atoms with Crippen molar-refractivity contribution in [1.82, 2.24) is 4.90 Å². The van der Waals surface area contributed by atoms with Crippen molar-refractivity contribution in [3.05, 3.63) is 0 Å². The van der Waals surface area contributed by atoms with Crippen LogP contribution >= 0.6 is 0 Å². The third-order valence-corrected chi connectivity index (χ3v) is 4.28. The van der Waals surface area contributed by atoms with Crippen LogP contribution in [0.1, 0.15) is 39.5 Å². The van der Waals surface area contributed by atoms with Crippen LogP contribution in [-0.4, -0.2) is 53.0 Å². The number of rotatable bonds is 6. The average molecular weight is 244 g/mol. The highest BCUT2D eigenvalue weighted by atomic mass is 16.3. The van der Waals surface area contributed by atoms with Gasteiger partial charge in [0, 0.05) is 18.6 Å². The highest BCUT2D eigenvalue weighted by Crippen LogP contribution is 2.35. The highest BCUT2D eigenvalue weighted by Gasteiger charge is 2.38. The molecule has 17 heavy (non-hydrogen) atoms. The van der Waals surface area contributed by atoms with Crippen molar-refractivity contribution in [2.24, 2.45) is 11.7 Å². The summed E-state index contributed by atoms with van der Waals surface area (Å²) in [6, 6.07) is 0. The topological polar surface area (TPSA) is 69.7 Å². The summed E-state index contributed by atoms with van der Waals surface area (Å²) in [5, 5.41) is 18.6. The largest absolute Gasteiger partial charge is 0.394 e. The summed E-state index contributed by atoms with van der Waals surface area (Å²) < 4.78 is 0. The SMILES string of the molecule is CCN(CC(O)CO)C1(CN)CCC(C)CC1. The van der Waals surface area contributed by atoms with E-state index in [0.29, 0.717) is 13.1 Å². The minimum Gasteiger partial charge on any atom is -0.394 e. The molecule has 4 heteroatoms. The number of nitrogens with zero attached hydrogens (tertiary/aromatic N) is 1. The van der Waals surface area contributed by atoms with Crippen LogP contribution in [0, 0.1) is 5.92 Å². The number of likely N-dealkylation sites (N-methyl/N-ethyl adjacent to an activating group) is 1. The molecule has 0 aromatic rings. The van der Waals surface area contributed by atoms with Gasteiger partial charge in [0.25, 0.3) is 0 Å². The average Bonchev–Trinajstić information content (AvgIpc) is 2.37. The summed E-state index contributed by atoms with van der Waals surface area (Å²) in [7, 11) is 0. The minimum atomic E-state index is -0.655. The molecule has 0 aromatic carbocycles. The smallest absolute Gasteiger partial charge is 0.0897 e. The van der Waals surface area contributed by atoms with Gasteiger partial charge in [-0.1, -0.05) is 13.8 Å². The fraction of sp³-hybridized carbons (Fsp3) is 1.00. The molecule has 0 aliphatic heterocycles. The molecule has 1 fully saturated rings. The number of hydrogen-bond acceptors (Lipinski definition) is 4. The van der Waals surface area contributed by atoms with E-state index in [9.17, 15) is 5.11 Å². The van der Waals surface area contributed by atoms with Crippen LogP contribution in [0.4, 0.5) is 0 Å². The maximum atomic E-state index is 9.62. The number of aliphatic hydroxyl groups excluding tert-OH is 2. The van der Waals surface area contributed by atoms with E-state index in [1.54, 1.807) is 0 Å². The van der Waals surface area contributed by atoms with Crippen LogP contribution < -0.4 is 5.73 Å². The summed E-state index contributed by atoms with van der Waals surface area (Å²) in [4.78, 5) is 2.26. The van der Waals surface area contributed by atoms with E-state index in [0.717, 1.165) is 25.3 Å². The molecule has 1 saturated carbocycles. The molecule has 0 heterocycles. The molecule has 0 spiro atoms. The lowest BCUT2D eigenvalue weighted by Gasteiger charge is -2.47. The summed E-state index contributed by atoms with van der Waals surface area (Å²) in [5.74, 6) is 0.788. The molecule has 4 N–H and O–H groups in total. The molecule has 0 aromatic heterocycles. The Labute approximate surface area is 105 Å². The van der Waals surface area contributed by atoms with Crippen LogP contribution in [0.5, 0.6) is 0 Å². The van der Waals surface area contributed by atoms with Crippen molar-refractivity contribution in [2.75, 3.05) is 26.2 Å². The second-order valence-electron chi connectivity index (χ2n) is 5.49. The Morgan fingerprint density at radius 2 is 2.00 bits per heavy atom. The molecule has 0 radical (unpaired) electrons. The highest BCUT2D eigenvalue weighted by molar-refractivity contribution is 4.95. The van der Waals surface area contributed by atoms with E-state index in [4.69, 9.17) is 10.8 Å². The predicted octanol–water partition coefficient (Wildman–Crippen LogP) is 0.569. The first kappa shape index (κ1) is 14.9. The van der Waals surface area contributed by atoms with E-state index < -0.39 is 6.10 Å². The zero-order chi connectivity index (χ0) is 12.9. The van der Waals surface area contributed by atoms with Gasteiger partial charge >= 0.3 is 0 Å². The van der Waals surface area contributed by atoms with Gasteiger partial charge in [-0.15, -0.1) is 0 Å². The van der Waals surface area contributed by atoms with Gasteiger partial charge in [0.1, 0.15) is 0 Å². The van der Waals surface area contributed by atoms with Gasteiger partial charge < -0.3 is 15.9 Å². The minimum absolute atomic E-state index is 0.0391. The second kappa shape index (κ2) is 6.69. The van der Waals surface area contributed by atoms with Crippen molar-refractivity contribution in [3.8, 4) is 0 Å². The van der Waals surface area contributed by atoms with Gasteiger partial charge in [0.15, 0.2) is 0 Å². The molecule has 1 rings (SSSR count). The van der Waals surface area contributed by atoms with Gasteiger partial charge in [-0.25, -0.2) is 0 Å². The lowest BCUT2D eigenvalue weighted by atomic mass is 9.76. The summed E-state index contributed by atoms with van der Waals surface area (Å²) in [6.45, 7) is 6.26. The predicted molar refractivity (Wildman–Crippen MR) is 69.8 cm³/mol. The standard InChI is InChI=1S/C13H28N2O2/c1-3-15(8-12(17)9-16)13(10-14)6-4-11(2)5-7-13/h11-12,16-17H,3-10,14H2,1-2H3. The van der Waals surface area contributed by atoms with E-state index in [1.807, 2.05) is 0 Å². The quantitative estimate of drug-likeness (QED) is 0.639. The summed E-state index contributed by atoms with van der Waals surface area (Å²) in [5.41, 5.74) is 6.03. The van der Waals surface area contributed by atoms with Gasteiger partial charge in [-0.05, 0) is 38.1 Å². The van der Waals surface area contributed by atoms with Crippen molar-refractivity contribution in [2.45, 2.75) is 51.2 Å². The van der Waals surface area contributed by atoms with Crippen LogP contribution in [0.3, 0.4) is 0 Å². The molecule has 1 atom stereocenters. The number of β-amino-alcohol motifs (C(OH)–C–C–N with tert-alkyl or cyclic N) is 1. The first-order valence-corrected chi connectivity index (χ1v) is 6.82. The monoisotopic (exact) mass is 244 g/mol. The van der Waals surface area contributed by atoms with Crippen LogP contribution in [0.25, 0.3) is 0 Å². The Morgan fingerprint density at radius 3 is 2.41 bits per heavy atom. The number of aliphatic hydroxyl groups is 2. The molecule has 1 unspecified atom stereocenters. The molecule has 102 valence electrons. The first-order chi connectivity index (χ1) is 8.07. The molecule has 0 amide bonds. The van der Waals surface area contributed by atoms with Crippen molar-refractivity contribution in [3.63, 3.8) is 0 Å². The van der Waals surface area contributed by atoms with E-state index in [2.05, 4.69) is 18.7 Å². The second-order valence-corrected chi connectivity index (χ2v) is 5.49. The Bertz CT molecular complexity index is 215. The van der Waals surface area contributed by atoms with E-state index >= 15 is 0 Å². The number of nitrogens with two attached hydrogens (primary N) is 1. The van der Waals surface area contributed by atoms with Gasteiger partial charge in [-0.3, -0.25) is 4.90 Å². The molecule has 0 bridgehead atoms. The van der Waals surface area contributed by atoms with Gasteiger partial charge in [-0.2, -0.15) is 0 Å². The normalized spacial score (nSPS) is 31.8. The van der Waals surface area contributed by atoms with Crippen LogP contribution in [0.15, 0.2) is 0 Å². The zero-order valence-corrected chi connectivity index (χ0v) is 11.2. The summed E-state index contributed by atoms with van der Waals surface area (Å²) >= 11 is 0. The molecule has 4 nitrogen and oxygen atoms in total. The maximum absolute atomic E-state index is 9.62. The molecule has 1 aliphatic carbocycles. The Kier molecular flexibility index (Phi) is 5.86. The lowest BCUT2D eigenvalue weighted by Crippen LogP contribution is -2.57. The van der Waals surface area contributed by atoms with E-state index in [1.165, 1.54) is 12.8 Å². The van der Waals surface area contributed by atoms with Gasteiger partial charge in [0.2, 0.25) is 0 Å². The fourth-order valence-corrected chi connectivity index (χ4v) is 2.92. The van der Waals surface area contributed by atoms with Crippen LogP contribution in [0.2, 0.25) is 0 Å².